The summed E-state index contributed by atoms with van der Waals surface area (Å²) < 4.78 is 5.56. The molecule has 0 saturated carbocycles. The molecule has 0 heterocycles. The second kappa shape index (κ2) is 8.91. The van der Waals surface area contributed by atoms with Gasteiger partial charge in [-0.2, -0.15) is 0 Å². The highest BCUT2D eigenvalue weighted by Crippen LogP contribution is 2.24. The van der Waals surface area contributed by atoms with Gasteiger partial charge in [-0.15, -0.1) is 0 Å². The lowest BCUT2D eigenvalue weighted by molar-refractivity contribution is -0.125. The van der Waals surface area contributed by atoms with E-state index in [1.165, 1.54) is 5.56 Å². The fourth-order valence-electron chi connectivity index (χ4n) is 2.71. The van der Waals surface area contributed by atoms with Crippen molar-refractivity contribution < 1.29 is 14.3 Å². The third kappa shape index (κ3) is 5.84. The first-order chi connectivity index (χ1) is 13.1. The van der Waals surface area contributed by atoms with Crippen molar-refractivity contribution in [1.29, 1.82) is 0 Å². The molecule has 28 heavy (non-hydrogen) atoms. The van der Waals surface area contributed by atoms with E-state index in [4.69, 9.17) is 4.74 Å². The number of hydrogen-bond donors (Lipinski definition) is 1. The van der Waals surface area contributed by atoms with Gasteiger partial charge in [-0.25, -0.2) is 0 Å². The minimum Gasteiger partial charge on any atom is -0.484 e. The Balaban J connectivity index is 1.92. The monoisotopic (exact) mass is 382 g/mol. The summed E-state index contributed by atoms with van der Waals surface area (Å²) in [5.41, 5.74) is 2.26. The van der Waals surface area contributed by atoms with E-state index in [1.807, 2.05) is 57.2 Å². The first kappa shape index (κ1) is 21.5. The Morgan fingerprint density at radius 3 is 2.29 bits per heavy atom. The highest BCUT2D eigenvalue weighted by molar-refractivity contribution is 5.96. The van der Waals surface area contributed by atoms with Crippen molar-refractivity contribution in [3.05, 3.63) is 54.1 Å². The van der Waals surface area contributed by atoms with Crippen LogP contribution in [0.1, 0.15) is 46.1 Å². The van der Waals surface area contributed by atoms with Gasteiger partial charge >= 0.3 is 0 Å². The van der Waals surface area contributed by atoms with E-state index in [-0.39, 0.29) is 18.4 Å². The maximum Gasteiger partial charge on any atom is 0.262 e. The van der Waals surface area contributed by atoms with Gasteiger partial charge in [0.25, 0.3) is 5.91 Å². The molecule has 0 saturated heterocycles. The second-order valence-electron chi connectivity index (χ2n) is 8.23. The van der Waals surface area contributed by atoms with Gasteiger partial charge in [-0.05, 0) is 47.9 Å². The topological polar surface area (TPSA) is 58.6 Å². The number of nitrogens with one attached hydrogen (secondary N) is 1. The quantitative estimate of drug-likeness (QED) is 0.778. The number of hydrogen-bond acceptors (Lipinski definition) is 3. The standard InChI is InChI=1S/C23H30N2O3/c1-16(2)17-8-7-9-18(14-17)24-21(26)15-28-20-12-10-19(11-13-20)25(6)22(27)23(3,4)5/h7-14,16H,15H2,1-6H3,(H,24,26). The summed E-state index contributed by atoms with van der Waals surface area (Å²) in [5, 5.41) is 2.85. The molecule has 0 fully saturated rings. The molecule has 5 nitrogen and oxygen atoms in total. The number of rotatable bonds is 6. The average Bonchev–Trinajstić information content (AvgIpc) is 2.65. The third-order valence-electron chi connectivity index (χ3n) is 4.38. The number of carbonyl (C=O) groups excluding carboxylic acids is 2. The Hall–Kier alpha value is -2.82. The number of ether oxygens (including phenoxy) is 1. The highest BCUT2D eigenvalue weighted by atomic mass is 16.5. The van der Waals surface area contributed by atoms with Crippen LogP contribution >= 0.6 is 0 Å². The summed E-state index contributed by atoms with van der Waals surface area (Å²) in [6, 6.07) is 14.9. The van der Waals surface area contributed by atoms with Crippen molar-refractivity contribution in [2.24, 2.45) is 5.41 Å². The molecule has 0 spiro atoms. The molecule has 0 unspecified atom stereocenters. The van der Waals surface area contributed by atoms with Gasteiger partial charge in [0.1, 0.15) is 5.75 Å². The van der Waals surface area contributed by atoms with Crippen LogP contribution in [0.2, 0.25) is 0 Å². The van der Waals surface area contributed by atoms with E-state index in [1.54, 1.807) is 24.1 Å². The summed E-state index contributed by atoms with van der Waals surface area (Å²) in [6.07, 6.45) is 0. The zero-order valence-electron chi connectivity index (χ0n) is 17.6. The fourth-order valence-corrected chi connectivity index (χ4v) is 2.71. The molecule has 0 atom stereocenters. The molecule has 0 aliphatic carbocycles. The number of anilines is 2. The van der Waals surface area contributed by atoms with Gasteiger partial charge in [0.05, 0.1) is 0 Å². The van der Waals surface area contributed by atoms with E-state index < -0.39 is 5.41 Å². The van der Waals surface area contributed by atoms with Crippen LogP contribution in [0.25, 0.3) is 0 Å². The second-order valence-corrected chi connectivity index (χ2v) is 8.23. The van der Waals surface area contributed by atoms with Crippen LogP contribution in [0, 0.1) is 5.41 Å². The smallest absolute Gasteiger partial charge is 0.262 e. The van der Waals surface area contributed by atoms with Gasteiger partial charge < -0.3 is 15.0 Å². The van der Waals surface area contributed by atoms with Gasteiger partial charge in [-0.3, -0.25) is 9.59 Å². The van der Waals surface area contributed by atoms with Crippen molar-refractivity contribution in [3.63, 3.8) is 0 Å². The first-order valence-electron chi connectivity index (χ1n) is 9.49. The van der Waals surface area contributed by atoms with Crippen LogP contribution in [-0.2, 0) is 9.59 Å². The van der Waals surface area contributed by atoms with Crippen LogP contribution in [0.4, 0.5) is 11.4 Å². The Labute approximate surface area is 167 Å². The van der Waals surface area contributed by atoms with Gasteiger partial charge in [0.15, 0.2) is 6.61 Å². The summed E-state index contributed by atoms with van der Waals surface area (Å²) in [7, 11) is 1.75. The first-order valence-corrected chi connectivity index (χ1v) is 9.49. The van der Waals surface area contributed by atoms with E-state index in [0.29, 0.717) is 11.7 Å². The maximum atomic E-state index is 12.3. The zero-order valence-corrected chi connectivity index (χ0v) is 17.6. The van der Waals surface area contributed by atoms with E-state index in [2.05, 4.69) is 19.2 Å². The maximum absolute atomic E-state index is 12.3. The molecule has 0 aromatic heterocycles. The number of nitrogens with zero attached hydrogens (tertiary/aromatic N) is 1. The molecular weight excluding hydrogens is 352 g/mol. The van der Waals surface area contributed by atoms with E-state index in [0.717, 1.165) is 11.4 Å². The van der Waals surface area contributed by atoms with Crippen molar-refractivity contribution in [2.75, 3.05) is 23.9 Å². The number of benzene rings is 2. The SMILES string of the molecule is CC(C)c1cccc(NC(=O)COc2ccc(N(C)C(=O)C(C)(C)C)cc2)c1. The van der Waals surface area contributed by atoms with Crippen LogP contribution in [0.3, 0.4) is 0 Å². The third-order valence-corrected chi connectivity index (χ3v) is 4.38. The molecule has 2 amide bonds. The number of carbonyl (C=O) groups is 2. The lowest BCUT2D eigenvalue weighted by atomic mass is 9.95. The lowest BCUT2D eigenvalue weighted by Gasteiger charge is -2.26. The molecule has 2 rings (SSSR count). The zero-order chi connectivity index (χ0) is 20.9. The molecule has 5 heteroatoms. The average molecular weight is 383 g/mol. The van der Waals surface area contributed by atoms with Crippen LogP contribution in [-0.4, -0.2) is 25.5 Å². The normalized spacial score (nSPS) is 11.2. The highest BCUT2D eigenvalue weighted by Gasteiger charge is 2.25. The van der Waals surface area contributed by atoms with E-state index >= 15 is 0 Å². The Bertz CT molecular complexity index is 820. The molecule has 150 valence electrons. The summed E-state index contributed by atoms with van der Waals surface area (Å²) in [4.78, 5) is 26.1. The van der Waals surface area contributed by atoms with Crippen molar-refractivity contribution in [2.45, 2.75) is 40.5 Å². The Morgan fingerprint density at radius 2 is 1.71 bits per heavy atom. The summed E-state index contributed by atoms with van der Waals surface area (Å²) in [6.45, 7) is 9.80. The largest absolute Gasteiger partial charge is 0.484 e. The van der Waals surface area contributed by atoms with Gasteiger partial charge in [0.2, 0.25) is 5.91 Å². The summed E-state index contributed by atoms with van der Waals surface area (Å²) in [5.74, 6) is 0.788. The summed E-state index contributed by atoms with van der Waals surface area (Å²) >= 11 is 0. The van der Waals surface area contributed by atoms with Crippen molar-refractivity contribution in [1.82, 2.24) is 0 Å². The van der Waals surface area contributed by atoms with Crippen molar-refractivity contribution in [3.8, 4) is 5.75 Å². The molecule has 0 radical (unpaired) electrons. The predicted octanol–water partition coefficient (Wildman–Crippen LogP) is 4.84. The van der Waals surface area contributed by atoms with Crippen LogP contribution < -0.4 is 15.0 Å². The van der Waals surface area contributed by atoms with Crippen LogP contribution in [0.15, 0.2) is 48.5 Å². The minimum absolute atomic E-state index is 0.0316. The fraction of sp³-hybridized carbons (Fsp3) is 0.391. The molecule has 0 bridgehead atoms. The minimum atomic E-state index is -0.450. The van der Waals surface area contributed by atoms with Gasteiger partial charge in [0, 0.05) is 23.8 Å². The van der Waals surface area contributed by atoms with Gasteiger partial charge in [-0.1, -0.05) is 46.8 Å². The molecule has 2 aromatic rings. The molecule has 0 aliphatic heterocycles. The van der Waals surface area contributed by atoms with Crippen LogP contribution in [0.5, 0.6) is 5.75 Å². The molecular formula is C23H30N2O3. The molecule has 1 N–H and O–H groups in total. The predicted molar refractivity (Wildman–Crippen MR) is 114 cm³/mol. The van der Waals surface area contributed by atoms with E-state index in [9.17, 15) is 9.59 Å². The lowest BCUT2D eigenvalue weighted by Crippen LogP contribution is -2.36. The Morgan fingerprint density at radius 1 is 1.07 bits per heavy atom. The van der Waals surface area contributed by atoms with Crippen molar-refractivity contribution >= 4 is 23.2 Å². The molecule has 2 aromatic carbocycles. The molecule has 0 aliphatic rings. The Kier molecular flexibility index (Phi) is 6.84. The number of amides is 2.